The summed E-state index contributed by atoms with van der Waals surface area (Å²) in [4.78, 5) is 15.1. The van der Waals surface area contributed by atoms with Crippen molar-refractivity contribution in [3.05, 3.63) is 18.2 Å². The summed E-state index contributed by atoms with van der Waals surface area (Å²) in [7, 11) is 0. The highest BCUT2D eigenvalue weighted by molar-refractivity contribution is 5.89. The summed E-state index contributed by atoms with van der Waals surface area (Å²) in [6.07, 6.45) is 1.34. The molecule has 0 radical (unpaired) electrons. The molecule has 0 aliphatic carbocycles. The predicted molar refractivity (Wildman–Crippen MR) is 52.2 cm³/mol. The summed E-state index contributed by atoms with van der Waals surface area (Å²) < 4.78 is 0. The molecule has 0 fully saturated rings. The molecule has 0 saturated carbocycles. The number of nitrogens with one attached hydrogen (secondary N) is 1. The number of pyridine rings is 1. The third kappa shape index (κ3) is 3.11. The Morgan fingerprint density at radius 1 is 1.62 bits per heavy atom. The van der Waals surface area contributed by atoms with Gasteiger partial charge in [0.25, 0.3) is 0 Å². The van der Waals surface area contributed by atoms with E-state index in [0.29, 0.717) is 18.1 Å². The fourth-order valence-electron chi connectivity index (χ4n) is 0.953. The summed E-state index contributed by atoms with van der Waals surface area (Å²) in [6.45, 7) is 1.95. The standard InChI is InChI=1S/C9H13N3O/c1-2-4-9(13)12-8-6-3-5-7(10)11-8/h3,5-6H,2,4H2,1H3,(H3,10,11,12,13). The predicted octanol–water partition coefficient (Wildman–Crippen LogP) is 1.40. The van der Waals surface area contributed by atoms with Crippen LogP contribution in [0.2, 0.25) is 0 Å². The van der Waals surface area contributed by atoms with Crippen LogP contribution in [0.25, 0.3) is 0 Å². The Hall–Kier alpha value is -1.58. The summed E-state index contributed by atoms with van der Waals surface area (Å²) in [5.74, 6) is 0.897. The van der Waals surface area contributed by atoms with Crippen molar-refractivity contribution in [1.29, 1.82) is 0 Å². The van der Waals surface area contributed by atoms with Crippen LogP contribution in [0.4, 0.5) is 11.6 Å². The molecule has 13 heavy (non-hydrogen) atoms. The number of nitrogens with zero attached hydrogens (tertiary/aromatic N) is 1. The van der Waals surface area contributed by atoms with Gasteiger partial charge in [0.2, 0.25) is 5.91 Å². The summed E-state index contributed by atoms with van der Waals surface area (Å²) in [5.41, 5.74) is 5.45. The molecule has 0 unspecified atom stereocenters. The van der Waals surface area contributed by atoms with Gasteiger partial charge in [0.15, 0.2) is 0 Å². The molecule has 0 spiro atoms. The Bertz CT molecular complexity index is 299. The lowest BCUT2D eigenvalue weighted by atomic mass is 10.3. The molecule has 0 saturated heterocycles. The number of hydrogen-bond donors (Lipinski definition) is 2. The van der Waals surface area contributed by atoms with Gasteiger partial charge in [-0.05, 0) is 18.6 Å². The minimum absolute atomic E-state index is 0.0272. The van der Waals surface area contributed by atoms with Gasteiger partial charge in [0.1, 0.15) is 11.6 Å². The summed E-state index contributed by atoms with van der Waals surface area (Å²) in [6, 6.07) is 5.14. The number of nitrogens with two attached hydrogens (primary N) is 1. The highest BCUT2D eigenvalue weighted by atomic mass is 16.1. The Labute approximate surface area is 77.2 Å². The highest BCUT2D eigenvalue weighted by Gasteiger charge is 2.00. The molecule has 1 rings (SSSR count). The zero-order valence-corrected chi connectivity index (χ0v) is 7.58. The highest BCUT2D eigenvalue weighted by Crippen LogP contribution is 2.06. The van der Waals surface area contributed by atoms with Gasteiger partial charge in [-0.1, -0.05) is 13.0 Å². The second-order valence-corrected chi connectivity index (χ2v) is 2.75. The maximum Gasteiger partial charge on any atom is 0.225 e. The lowest BCUT2D eigenvalue weighted by Crippen LogP contribution is -2.12. The Balaban J connectivity index is 2.58. The van der Waals surface area contributed by atoms with Crippen molar-refractivity contribution in [3.63, 3.8) is 0 Å². The number of carbonyl (C=O) groups excluding carboxylic acids is 1. The van der Waals surface area contributed by atoms with E-state index in [9.17, 15) is 4.79 Å². The number of hydrogen-bond acceptors (Lipinski definition) is 3. The fourth-order valence-corrected chi connectivity index (χ4v) is 0.953. The van der Waals surface area contributed by atoms with E-state index in [4.69, 9.17) is 5.73 Å². The van der Waals surface area contributed by atoms with E-state index in [1.54, 1.807) is 18.2 Å². The van der Waals surface area contributed by atoms with E-state index in [2.05, 4.69) is 10.3 Å². The number of carbonyl (C=O) groups is 1. The first-order valence-electron chi connectivity index (χ1n) is 4.24. The third-order valence-electron chi connectivity index (χ3n) is 1.52. The molecule has 1 aromatic rings. The number of amides is 1. The zero-order chi connectivity index (χ0) is 9.68. The van der Waals surface area contributed by atoms with Crippen LogP contribution in [0.5, 0.6) is 0 Å². The third-order valence-corrected chi connectivity index (χ3v) is 1.52. The molecule has 0 bridgehead atoms. The van der Waals surface area contributed by atoms with E-state index in [0.717, 1.165) is 6.42 Å². The van der Waals surface area contributed by atoms with E-state index in [1.807, 2.05) is 6.92 Å². The number of nitrogen functional groups attached to an aromatic ring is 1. The van der Waals surface area contributed by atoms with Gasteiger partial charge in [-0.2, -0.15) is 0 Å². The summed E-state index contributed by atoms with van der Waals surface area (Å²) >= 11 is 0. The molecule has 4 heteroatoms. The molecule has 0 aliphatic rings. The van der Waals surface area contributed by atoms with Gasteiger partial charge in [-0.15, -0.1) is 0 Å². The molecule has 4 nitrogen and oxygen atoms in total. The van der Waals surface area contributed by atoms with Gasteiger partial charge in [0, 0.05) is 6.42 Å². The molecular weight excluding hydrogens is 166 g/mol. The maximum absolute atomic E-state index is 11.1. The van der Waals surface area contributed by atoms with E-state index >= 15 is 0 Å². The topological polar surface area (TPSA) is 68.0 Å². The monoisotopic (exact) mass is 179 g/mol. The number of anilines is 2. The minimum atomic E-state index is -0.0272. The van der Waals surface area contributed by atoms with Crippen molar-refractivity contribution in [3.8, 4) is 0 Å². The fraction of sp³-hybridized carbons (Fsp3) is 0.333. The maximum atomic E-state index is 11.1. The molecule has 1 aromatic heterocycles. The van der Waals surface area contributed by atoms with Crippen LogP contribution >= 0.6 is 0 Å². The van der Waals surface area contributed by atoms with Crippen LogP contribution in [0.3, 0.4) is 0 Å². The van der Waals surface area contributed by atoms with Gasteiger partial charge in [0.05, 0.1) is 0 Å². The Kier molecular flexibility index (Phi) is 3.25. The average molecular weight is 179 g/mol. The van der Waals surface area contributed by atoms with Crippen LogP contribution in [-0.2, 0) is 4.79 Å². The van der Waals surface area contributed by atoms with E-state index < -0.39 is 0 Å². The number of aromatic nitrogens is 1. The summed E-state index contributed by atoms with van der Waals surface area (Å²) in [5, 5.41) is 2.65. The van der Waals surface area contributed by atoms with E-state index in [1.165, 1.54) is 0 Å². The molecular formula is C9H13N3O. The SMILES string of the molecule is CCCC(=O)Nc1cccc(N)n1. The molecule has 0 aliphatic heterocycles. The van der Waals surface area contributed by atoms with Crippen molar-refractivity contribution in [2.24, 2.45) is 0 Å². The van der Waals surface area contributed by atoms with Crippen molar-refractivity contribution in [1.82, 2.24) is 4.98 Å². The zero-order valence-electron chi connectivity index (χ0n) is 7.58. The minimum Gasteiger partial charge on any atom is -0.384 e. The van der Waals surface area contributed by atoms with Crippen LogP contribution in [0.15, 0.2) is 18.2 Å². The van der Waals surface area contributed by atoms with Crippen molar-refractivity contribution < 1.29 is 4.79 Å². The lowest BCUT2D eigenvalue weighted by molar-refractivity contribution is -0.116. The number of rotatable bonds is 3. The van der Waals surface area contributed by atoms with Gasteiger partial charge in [-0.3, -0.25) is 4.79 Å². The molecule has 3 N–H and O–H groups in total. The first-order chi connectivity index (χ1) is 6.22. The quantitative estimate of drug-likeness (QED) is 0.737. The largest absolute Gasteiger partial charge is 0.384 e. The van der Waals surface area contributed by atoms with Gasteiger partial charge < -0.3 is 11.1 Å². The van der Waals surface area contributed by atoms with Gasteiger partial charge in [-0.25, -0.2) is 4.98 Å². The Morgan fingerprint density at radius 2 is 2.38 bits per heavy atom. The first-order valence-corrected chi connectivity index (χ1v) is 4.24. The molecule has 0 atom stereocenters. The average Bonchev–Trinajstić information content (AvgIpc) is 2.04. The first kappa shape index (κ1) is 9.51. The van der Waals surface area contributed by atoms with Crippen LogP contribution in [0.1, 0.15) is 19.8 Å². The molecule has 1 heterocycles. The van der Waals surface area contributed by atoms with Crippen molar-refractivity contribution in [2.45, 2.75) is 19.8 Å². The smallest absolute Gasteiger partial charge is 0.225 e. The normalized spacial score (nSPS) is 9.62. The molecule has 70 valence electrons. The van der Waals surface area contributed by atoms with Crippen LogP contribution in [0, 0.1) is 0 Å². The van der Waals surface area contributed by atoms with Crippen molar-refractivity contribution in [2.75, 3.05) is 11.1 Å². The van der Waals surface area contributed by atoms with E-state index in [-0.39, 0.29) is 5.91 Å². The Morgan fingerprint density at radius 3 is 3.00 bits per heavy atom. The van der Waals surface area contributed by atoms with Crippen molar-refractivity contribution >= 4 is 17.5 Å². The lowest BCUT2D eigenvalue weighted by Gasteiger charge is -2.02. The second-order valence-electron chi connectivity index (χ2n) is 2.75. The molecule has 1 amide bonds. The van der Waals surface area contributed by atoms with Crippen LogP contribution < -0.4 is 11.1 Å². The molecule has 0 aromatic carbocycles. The van der Waals surface area contributed by atoms with Crippen LogP contribution in [-0.4, -0.2) is 10.9 Å². The van der Waals surface area contributed by atoms with Gasteiger partial charge >= 0.3 is 0 Å². The second kappa shape index (κ2) is 4.45.